The van der Waals surface area contributed by atoms with Gasteiger partial charge in [0.25, 0.3) is 6.43 Å². The van der Waals surface area contributed by atoms with Crippen molar-refractivity contribution in [3.05, 3.63) is 23.3 Å². The van der Waals surface area contributed by atoms with Crippen molar-refractivity contribution in [2.45, 2.75) is 6.43 Å². The van der Waals surface area contributed by atoms with Crippen LogP contribution in [0.4, 0.5) is 13.2 Å². The molecule has 0 fully saturated rings. The third-order valence-corrected chi connectivity index (χ3v) is 1.86. The number of nitrogens with zero attached hydrogens (tertiary/aromatic N) is 1. The molecule has 16 heavy (non-hydrogen) atoms. The van der Waals surface area contributed by atoms with Gasteiger partial charge in [-0.3, -0.25) is 0 Å². The molecule has 0 amide bonds. The maximum Gasteiger partial charge on any atom is 0.343 e. The monoisotopic (exact) mass is 235 g/mol. The molecule has 0 radical (unpaired) electrons. The van der Waals surface area contributed by atoms with E-state index >= 15 is 0 Å². The minimum absolute atomic E-state index is 0.364. The molecule has 1 rings (SSSR count). The van der Waals surface area contributed by atoms with Crippen LogP contribution in [0, 0.1) is 5.95 Å². The van der Waals surface area contributed by atoms with Crippen LogP contribution in [0.3, 0.4) is 0 Å². The number of esters is 1. The van der Waals surface area contributed by atoms with Gasteiger partial charge >= 0.3 is 5.97 Å². The summed E-state index contributed by atoms with van der Waals surface area (Å²) in [5.41, 5.74) is -1.77. The number of carbonyl (C=O) groups excluding carboxylic acids is 1. The van der Waals surface area contributed by atoms with Gasteiger partial charge in [-0.1, -0.05) is 0 Å². The van der Waals surface area contributed by atoms with Crippen LogP contribution in [-0.4, -0.2) is 25.2 Å². The Balaban J connectivity index is 3.48. The Labute approximate surface area is 89.0 Å². The summed E-state index contributed by atoms with van der Waals surface area (Å²) in [4.78, 5) is 14.3. The predicted octanol–water partition coefficient (Wildman–Crippen LogP) is 1.95. The lowest BCUT2D eigenvalue weighted by Gasteiger charge is -2.11. The summed E-state index contributed by atoms with van der Waals surface area (Å²) in [6.07, 6.45) is -2.29. The van der Waals surface area contributed by atoms with E-state index in [4.69, 9.17) is 0 Å². The molecule has 0 N–H and O–H groups in total. The van der Waals surface area contributed by atoms with Gasteiger partial charge in [-0.25, -0.2) is 18.6 Å². The molecule has 0 atom stereocenters. The number of ether oxygens (including phenoxy) is 2. The Morgan fingerprint density at radius 3 is 2.50 bits per heavy atom. The highest BCUT2D eigenvalue weighted by Gasteiger charge is 2.28. The second kappa shape index (κ2) is 4.82. The van der Waals surface area contributed by atoms with Gasteiger partial charge in [-0.15, -0.1) is 0 Å². The van der Waals surface area contributed by atoms with Crippen molar-refractivity contribution in [3.8, 4) is 5.75 Å². The summed E-state index contributed by atoms with van der Waals surface area (Å²) < 4.78 is 47.3. The number of halogens is 3. The molecular formula is C9H8F3NO3. The van der Waals surface area contributed by atoms with E-state index in [0.717, 1.165) is 20.4 Å². The topological polar surface area (TPSA) is 48.4 Å². The van der Waals surface area contributed by atoms with Crippen LogP contribution >= 0.6 is 0 Å². The van der Waals surface area contributed by atoms with E-state index in [1.807, 2.05) is 0 Å². The fraction of sp³-hybridized carbons (Fsp3) is 0.333. The lowest BCUT2D eigenvalue weighted by molar-refractivity contribution is 0.0580. The zero-order valence-corrected chi connectivity index (χ0v) is 8.46. The summed E-state index contributed by atoms with van der Waals surface area (Å²) in [7, 11) is 2.07. The minimum Gasteiger partial charge on any atom is -0.495 e. The van der Waals surface area contributed by atoms with Gasteiger partial charge in [0.05, 0.1) is 26.0 Å². The second-order valence-electron chi connectivity index (χ2n) is 2.70. The average Bonchev–Trinajstić information content (AvgIpc) is 2.27. The first-order valence-electron chi connectivity index (χ1n) is 4.11. The van der Waals surface area contributed by atoms with Crippen LogP contribution in [-0.2, 0) is 4.74 Å². The molecule has 0 aliphatic heterocycles. The average molecular weight is 235 g/mol. The van der Waals surface area contributed by atoms with Gasteiger partial charge in [0, 0.05) is 0 Å². The standard InChI is InChI=1S/C9H8F3NO3/c1-15-4-3-13-8(12)6(9(14)16-2)5(4)7(10)11/h3,7H,1-2H3. The normalized spacial score (nSPS) is 10.4. The highest BCUT2D eigenvalue weighted by Crippen LogP contribution is 2.32. The zero-order valence-electron chi connectivity index (χ0n) is 8.46. The molecule has 7 heteroatoms. The van der Waals surface area contributed by atoms with Crippen LogP contribution < -0.4 is 4.74 Å². The third-order valence-electron chi connectivity index (χ3n) is 1.86. The van der Waals surface area contributed by atoms with Crippen LogP contribution in [0.1, 0.15) is 22.3 Å². The van der Waals surface area contributed by atoms with E-state index in [1.54, 1.807) is 0 Å². The Kier molecular flexibility index (Phi) is 3.70. The molecular weight excluding hydrogens is 227 g/mol. The highest BCUT2D eigenvalue weighted by molar-refractivity contribution is 5.91. The van der Waals surface area contributed by atoms with E-state index in [-0.39, 0.29) is 5.75 Å². The number of rotatable bonds is 3. The lowest BCUT2D eigenvalue weighted by atomic mass is 10.1. The first-order chi connectivity index (χ1) is 7.52. The van der Waals surface area contributed by atoms with Crippen molar-refractivity contribution in [1.29, 1.82) is 0 Å². The van der Waals surface area contributed by atoms with Crippen molar-refractivity contribution in [3.63, 3.8) is 0 Å². The van der Waals surface area contributed by atoms with Crippen molar-refractivity contribution in [2.24, 2.45) is 0 Å². The van der Waals surface area contributed by atoms with E-state index < -0.39 is 29.5 Å². The molecule has 1 aromatic rings. The van der Waals surface area contributed by atoms with Gasteiger partial charge in [-0.2, -0.15) is 4.39 Å². The van der Waals surface area contributed by atoms with Crippen molar-refractivity contribution in [2.75, 3.05) is 14.2 Å². The van der Waals surface area contributed by atoms with Crippen LogP contribution in [0.2, 0.25) is 0 Å². The number of pyridine rings is 1. The fourth-order valence-corrected chi connectivity index (χ4v) is 1.16. The van der Waals surface area contributed by atoms with E-state index in [0.29, 0.717) is 0 Å². The lowest BCUT2D eigenvalue weighted by Crippen LogP contribution is -2.12. The Bertz CT molecular complexity index is 409. The first-order valence-corrected chi connectivity index (χ1v) is 4.11. The number of methoxy groups -OCH3 is 2. The Morgan fingerprint density at radius 1 is 1.44 bits per heavy atom. The minimum atomic E-state index is -3.07. The number of hydrogen-bond acceptors (Lipinski definition) is 4. The second-order valence-corrected chi connectivity index (χ2v) is 2.70. The van der Waals surface area contributed by atoms with Crippen molar-refractivity contribution in [1.82, 2.24) is 4.98 Å². The maximum atomic E-state index is 13.2. The molecule has 88 valence electrons. The molecule has 4 nitrogen and oxygen atoms in total. The molecule has 1 heterocycles. The molecule has 0 aliphatic carbocycles. The maximum absolute atomic E-state index is 13.2. The first kappa shape index (κ1) is 12.3. The highest BCUT2D eigenvalue weighted by atomic mass is 19.3. The summed E-state index contributed by atoms with van der Waals surface area (Å²) in [5, 5.41) is 0. The SMILES string of the molecule is COC(=O)c1c(F)ncc(OC)c1C(F)F. The van der Waals surface area contributed by atoms with Gasteiger partial charge in [0.1, 0.15) is 11.3 Å². The number of alkyl halides is 2. The van der Waals surface area contributed by atoms with Gasteiger partial charge in [0.15, 0.2) is 0 Å². The number of carbonyl (C=O) groups is 1. The van der Waals surface area contributed by atoms with E-state index in [9.17, 15) is 18.0 Å². The third kappa shape index (κ3) is 2.07. The summed E-state index contributed by atoms with van der Waals surface area (Å²) in [5.74, 6) is -2.90. The quantitative estimate of drug-likeness (QED) is 0.593. The Hall–Kier alpha value is -1.79. The van der Waals surface area contributed by atoms with E-state index in [2.05, 4.69) is 14.5 Å². The van der Waals surface area contributed by atoms with Gasteiger partial charge in [-0.05, 0) is 0 Å². The molecule has 0 aromatic carbocycles. The molecule has 0 aliphatic rings. The van der Waals surface area contributed by atoms with Crippen LogP contribution in [0.15, 0.2) is 6.20 Å². The zero-order chi connectivity index (χ0) is 12.3. The largest absolute Gasteiger partial charge is 0.495 e. The van der Waals surface area contributed by atoms with Crippen LogP contribution in [0.25, 0.3) is 0 Å². The van der Waals surface area contributed by atoms with Crippen molar-refractivity contribution < 1.29 is 27.4 Å². The summed E-state index contributed by atoms with van der Waals surface area (Å²) in [6.45, 7) is 0. The number of aromatic nitrogens is 1. The van der Waals surface area contributed by atoms with E-state index in [1.165, 1.54) is 0 Å². The van der Waals surface area contributed by atoms with Crippen molar-refractivity contribution >= 4 is 5.97 Å². The molecule has 0 bridgehead atoms. The molecule has 0 unspecified atom stereocenters. The molecule has 0 saturated heterocycles. The van der Waals surface area contributed by atoms with Gasteiger partial charge < -0.3 is 9.47 Å². The molecule has 0 saturated carbocycles. The smallest absolute Gasteiger partial charge is 0.343 e. The Morgan fingerprint density at radius 2 is 2.06 bits per heavy atom. The predicted molar refractivity (Wildman–Crippen MR) is 47.0 cm³/mol. The fourth-order valence-electron chi connectivity index (χ4n) is 1.16. The van der Waals surface area contributed by atoms with Crippen LogP contribution in [0.5, 0.6) is 5.75 Å². The van der Waals surface area contributed by atoms with Gasteiger partial charge in [0.2, 0.25) is 5.95 Å². The summed E-state index contributed by atoms with van der Waals surface area (Å²) >= 11 is 0. The molecule has 0 spiro atoms. The number of hydrogen-bond donors (Lipinski definition) is 0. The summed E-state index contributed by atoms with van der Waals surface area (Å²) in [6, 6.07) is 0. The molecule has 1 aromatic heterocycles.